The predicted octanol–water partition coefficient (Wildman–Crippen LogP) is -0.729. The zero-order valence-corrected chi connectivity index (χ0v) is 8.32. The van der Waals surface area contributed by atoms with Gasteiger partial charge in [0, 0.05) is 0 Å². The second kappa shape index (κ2) is 3.85. The Bertz CT molecular complexity index is 389. The SMILES string of the molecule is O=C1CN(c2nnc(CCl)o2)CC(=O)N1. The summed E-state index contributed by atoms with van der Waals surface area (Å²) in [5.41, 5.74) is 0. The second-order valence-corrected chi connectivity index (χ2v) is 3.21. The zero-order valence-electron chi connectivity index (χ0n) is 7.57. The van der Waals surface area contributed by atoms with Gasteiger partial charge in [0.1, 0.15) is 19.0 Å². The average molecular weight is 231 g/mol. The molecule has 0 spiro atoms. The topological polar surface area (TPSA) is 88.3 Å². The highest BCUT2D eigenvalue weighted by molar-refractivity contribution is 6.16. The monoisotopic (exact) mass is 230 g/mol. The first kappa shape index (κ1) is 9.91. The van der Waals surface area contributed by atoms with E-state index in [1.165, 1.54) is 4.90 Å². The van der Waals surface area contributed by atoms with Gasteiger partial charge in [-0.15, -0.1) is 16.7 Å². The van der Waals surface area contributed by atoms with Gasteiger partial charge in [0.2, 0.25) is 17.7 Å². The number of carbonyl (C=O) groups is 2. The molecule has 1 saturated heterocycles. The Hall–Kier alpha value is -1.63. The summed E-state index contributed by atoms with van der Waals surface area (Å²) in [5.74, 6) is -0.431. The second-order valence-electron chi connectivity index (χ2n) is 2.94. The number of amides is 2. The van der Waals surface area contributed by atoms with Crippen LogP contribution in [0.25, 0.3) is 0 Å². The molecule has 0 bridgehead atoms. The number of alkyl halides is 1. The minimum Gasteiger partial charge on any atom is -0.407 e. The normalized spacial score (nSPS) is 16.7. The Labute approximate surface area is 89.4 Å². The third-order valence-electron chi connectivity index (χ3n) is 1.79. The molecule has 0 unspecified atom stereocenters. The van der Waals surface area contributed by atoms with Gasteiger partial charge in [-0.25, -0.2) is 0 Å². The molecule has 1 aromatic heterocycles. The summed E-state index contributed by atoms with van der Waals surface area (Å²) >= 11 is 5.48. The minimum absolute atomic E-state index is 0.0235. The Morgan fingerprint density at radius 1 is 1.33 bits per heavy atom. The summed E-state index contributed by atoms with van der Waals surface area (Å²) < 4.78 is 5.11. The number of imide groups is 1. The van der Waals surface area contributed by atoms with Gasteiger partial charge in [-0.05, 0) is 0 Å². The summed E-state index contributed by atoms with van der Waals surface area (Å²) in [6.07, 6.45) is 0. The van der Waals surface area contributed by atoms with E-state index < -0.39 is 11.8 Å². The number of nitrogens with one attached hydrogen (secondary N) is 1. The highest BCUT2D eigenvalue weighted by atomic mass is 35.5. The van der Waals surface area contributed by atoms with E-state index in [4.69, 9.17) is 16.0 Å². The quantitative estimate of drug-likeness (QED) is 0.532. The van der Waals surface area contributed by atoms with Crippen molar-refractivity contribution >= 4 is 29.4 Å². The molecular formula is C7H7ClN4O3. The van der Waals surface area contributed by atoms with Crippen molar-refractivity contribution < 1.29 is 14.0 Å². The molecule has 0 atom stereocenters. The van der Waals surface area contributed by atoms with E-state index in [9.17, 15) is 9.59 Å². The number of nitrogens with zero attached hydrogens (tertiary/aromatic N) is 3. The molecule has 0 aromatic carbocycles. The smallest absolute Gasteiger partial charge is 0.319 e. The molecule has 8 heteroatoms. The van der Waals surface area contributed by atoms with Crippen molar-refractivity contribution in [2.45, 2.75) is 5.88 Å². The number of hydrogen-bond donors (Lipinski definition) is 1. The van der Waals surface area contributed by atoms with E-state index in [2.05, 4.69) is 15.5 Å². The summed E-state index contributed by atoms with van der Waals surface area (Å²) in [6, 6.07) is 0.133. The lowest BCUT2D eigenvalue weighted by molar-refractivity contribution is -0.130. The van der Waals surface area contributed by atoms with E-state index in [-0.39, 0.29) is 30.9 Å². The van der Waals surface area contributed by atoms with Gasteiger partial charge in [-0.2, -0.15) is 0 Å². The zero-order chi connectivity index (χ0) is 10.8. The Morgan fingerprint density at radius 2 is 2.00 bits per heavy atom. The number of aromatic nitrogens is 2. The lowest BCUT2D eigenvalue weighted by atomic mass is 10.4. The van der Waals surface area contributed by atoms with Gasteiger partial charge in [0.15, 0.2) is 0 Å². The molecule has 80 valence electrons. The molecule has 0 radical (unpaired) electrons. The maximum absolute atomic E-state index is 11.0. The van der Waals surface area contributed by atoms with Crippen molar-refractivity contribution in [2.24, 2.45) is 0 Å². The Morgan fingerprint density at radius 3 is 2.53 bits per heavy atom. The summed E-state index contributed by atoms with van der Waals surface area (Å²) in [5, 5.41) is 9.46. The van der Waals surface area contributed by atoms with Crippen molar-refractivity contribution in [1.82, 2.24) is 15.5 Å². The molecule has 2 amide bonds. The van der Waals surface area contributed by atoms with Crippen LogP contribution in [0.1, 0.15) is 5.89 Å². The fourth-order valence-electron chi connectivity index (χ4n) is 1.20. The molecule has 1 aliphatic rings. The molecule has 0 saturated carbocycles. The standard InChI is InChI=1S/C7H7ClN4O3/c8-1-6-10-11-7(15-6)12-2-4(13)9-5(14)3-12/h1-3H2,(H,9,13,14). The maximum Gasteiger partial charge on any atom is 0.319 e. The molecular weight excluding hydrogens is 224 g/mol. The average Bonchev–Trinajstić information content (AvgIpc) is 2.64. The molecule has 0 aliphatic carbocycles. The Balaban J connectivity index is 2.15. The van der Waals surface area contributed by atoms with Gasteiger partial charge >= 0.3 is 6.01 Å². The van der Waals surface area contributed by atoms with Gasteiger partial charge < -0.3 is 9.32 Å². The predicted molar refractivity (Wildman–Crippen MR) is 49.2 cm³/mol. The first-order valence-electron chi connectivity index (χ1n) is 4.15. The minimum atomic E-state index is -0.392. The van der Waals surface area contributed by atoms with E-state index in [0.29, 0.717) is 0 Å². The van der Waals surface area contributed by atoms with Crippen molar-refractivity contribution in [2.75, 3.05) is 18.0 Å². The molecule has 15 heavy (non-hydrogen) atoms. The molecule has 1 N–H and O–H groups in total. The Kier molecular flexibility index (Phi) is 2.55. The lowest BCUT2D eigenvalue weighted by Crippen LogP contribution is -2.51. The van der Waals surface area contributed by atoms with Crippen LogP contribution in [0.4, 0.5) is 6.01 Å². The van der Waals surface area contributed by atoms with Crippen LogP contribution in [0.5, 0.6) is 0 Å². The van der Waals surface area contributed by atoms with Gasteiger partial charge in [-0.1, -0.05) is 5.10 Å². The van der Waals surface area contributed by atoms with E-state index in [0.717, 1.165) is 0 Å². The van der Waals surface area contributed by atoms with Crippen molar-refractivity contribution in [1.29, 1.82) is 0 Å². The third kappa shape index (κ3) is 2.07. The van der Waals surface area contributed by atoms with E-state index in [1.807, 2.05) is 0 Å². The van der Waals surface area contributed by atoms with E-state index in [1.54, 1.807) is 0 Å². The molecule has 2 heterocycles. The van der Waals surface area contributed by atoms with E-state index >= 15 is 0 Å². The van der Waals surface area contributed by atoms with Crippen LogP contribution < -0.4 is 10.2 Å². The highest BCUT2D eigenvalue weighted by Gasteiger charge is 2.26. The van der Waals surface area contributed by atoms with Crippen molar-refractivity contribution in [3.05, 3.63) is 5.89 Å². The first-order valence-corrected chi connectivity index (χ1v) is 4.68. The summed E-state index contributed by atoms with van der Waals surface area (Å²) in [6.45, 7) is 0.0469. The fraction of sp³-hybridized carbons (Fsp3) is 0.429. The van der Waals surface area contributed by atoms with Crippen LogP contribution in [0.15, 0.2) is 4.42 Å². The van der Waals surface area contributed by atoms with Crippen LogP contribution in [-0.4, -0.2) is 35.1 Å². The molecule has 1 fully saturated rings. The summed E-state index contributed by atoms with van der Waals surface area (Å²) in [4.78, 5) is 23.5. The van der Waals surface area contributed by atoms with Crippen LogP contribution >= 0.6 is 11.6 Å². The number of anilines is 1. The fourth-order valence-corrected chi connectivity index (χ4v) is 1.31. The number of carbonyl (C=O) groups excluding carboxylic acids is 2. The van der Waals surface area contributed by atoms with Crippen LogP contribution in [0, 0.1) is 0 Å². The largest absolute Gasteiger partial charge is 0.407 e. The molecule has 1 aliphatic heterocycles. The number of hydrogen-bond acceptors (Lipinski definition) is 6. The van der Waals surface area contributed by atoms with Crippen molar-refractivity contribution in [3.63, 3.8) is 0 Å². The highest BCUT2D eigenvalue weighted by Crippen LogP contribution is 2.14. The number of halogens is 1. The van der Waals surface area contributed by atoms with Gasteiger partial charge in [0.25, 0.3) is 0 Å². The number of piperazine rings is 1. The number of rotatable bonds is 2. The van der Waals surface area contributed by atoms with Crippen LogP contribution in [0.3, 0.4) is 0 Å². The maximum atomic E-state index is 11.0. The third-order valence-corrected chi connectivity index (χ3v) is 2.02. The van der Waals surface area contributed by atoms with Crippen LogP contribution in [-0.2, 0) is 15.5 Å². The molecule has 1 aromatic rings. The lowest BCUT2D eigenvalue weighted by Gasteiger charge is -2.22. The molecule has 7 nitrogen and oxygen atoms in total. The van der Waals surface area contributed by atoms with Crippen LogP contribution in [0.2, 0.25) is 0 Å². The van der Waals surface area contributed by atoms with Gasteiger partial charge in [0.05, 0.1) is 0 Å². The van der Waals surface area contributed by atoms with Crippen molar-refractivity contribution in [3.8, 4) is 0 Å². The summed E-state index contributed by atoms with van der Waals surface area (Å²) in [7, 11) is 0. The van der Waals surface area contributed by atoms with Gasteiger partial charge in [-0.3, -0.25) is 14.9 Å². The first-order chi connectivity index (χ1) is 7.19. The molecule has 2 rings (SSSR count).